The van der Waals surface area contributed by atoms with Crippen LogP contribution in [0.15, 0.2) is 23.3 Å². The summed E-state index contributed by atoms with van der Waals surface area (Å²) in [5, 5.41) is 0. The Hall–Kier alpha value is -1.38. The van der Waals surface area contributed by atoms with E-state index in [-0.39, 0.29) is 23.6 Å². The maximum Gasteiger partial charge on any atom is 0.317 e. The summed E-state index contributed by atoms with van der Waals surface area (Å²) in [4.78, 5) is 25.2. The Bertz CT molecular complexity index is 501. The van der Waals surface area contributed by atoms with Crippen LogP contribution in [0.3, 0.4) is 0 Å². The third-order valence-electron chi connectivity index (χ3n) is 4.19. The van der Waals surface area contributed by atoms with Crippen molar-refractivity contribution in [3.63, 3.8) is 0 Å². The Morgan fingerprint density at radius 3 is 2.52 bits per heavy atom. The Labute approximate surface area is 141 Å². The molecule has 3 heteroatoms. The minimum Gasteiger partial charge on any atom is -0.459 e. The minimum atomic E-state index is -0.653. The fourth-order valence-electron chi connectivity index (χ4n) is 2.91. The van der Waals surface area contributed by atoms with Gasteiger partial charge in [0.1, 0.15) is 11.5 Å². The van der Waals surface area contributed by atoms with Gasteiger partial charge in [-0.1, -0.05) is 31.6 Å². The molecule has 0 amide bonds. The van der Waals surface area contributed by atoms with Crippen molar-refractivity contribution in [2.75, 3.05) is 0 Å². The number of allylic oxidation sites excluding steroid dienone is 4. The van der Waals surface area contributed by atoms with Crippen LogP contribution >= 0.6 is 0 Å². The van der Waals surface area contributed by atoms with Gasteiger partial charge < -0.3 is 4.74 Å². The third kappa shape index (κ3) is 5.96. The molecule has 3 nitrogen and oxygen atoms in total. The molecule has 0 radical (unpaired) electrons. The molecule has 0 aliphatic heterocycles. The zero-order valence-corrected chi connectivity index (χ0v) is 15.7. The zero-order chi connectivity index (χ0) is 17.8. The van der Waals surface area contributed by atoms with Crippen molar-refractivity contribution in [2.45, 2.75) is 73.3 Å². The van der Waals surface area contributed by atoms with Crippen LogP contribution in [0.1, 0.15) is 67.7 Å². The van der Waals surface area contributed by atoms with Crippen LogP contribution in [-0.4, -0.2) is 17.4 Å². The van der Waals surface area contributed by atoms with E-state index in [0.29, 0.717) is 0 Å². The van der Waals surface area contributed by atoms with Gasteiger partial charge in [0.25, 0.3) is 0 Å². The molecule has 0 saturated heterocycles. The van der Waals surface area contributed by atoms with E-state index in [4.69, 9.17) is 4.74 Å². The number of Topliss-reactive ketones (excluding diaryl/α,β-unsaturated/α-hetero) is 1. The van der Waals surface area contributed by atoms with E-state index < -0.39 is 11.5 Å². The number of hydrogen-bond acceptors (Lipinski definition) is 3. The maximum absolute atomic E-state index is 12.8. The predicted molar refractivity (Wildman–Crippen MR) is 94.0 cm³/mol. The molecule has 0 heterocycles. The number of carbonyl (C=O) groups excluding carboxylic acids is 2. The van der Waals surface area contributed by atoms with E-state index in [1.165, 1.54) is 5.57 Å². The van der Waals surface area contributed by atoms with Crippen LogP contribution in [-0.2, 0) is 14.3 Å². The first-order chi connectivity index (χ1) is 10.5. The molecule has 0 N–H and O–H groups in total. The lowest BCUT2D eigenvalue weighted by Crippen LogP contribution is -2.39. The van der Waals surface area contributed by atoms with Gasteiger partial charge >= 0.3 is 5.97 Å². The Morgan fingerprint density at radius 2 is 2.00 bits per heavy atom. The molecule has 0 bridgehead atoms. The standard InChI is InChI=1S/C20H32O3/c1-13(2)9-8-10-14(3)16-12-11-15(4)17(18(16)21)19(22)23-20(5,6)7/h9,12,14-15,17H,8,10-11H2,1-7H3/t14-,15?,17?/m1/s1. The molecule has 2 unspecified atom stereocenters. The van der Waals surface area contributed by atoms with E-state index >= 15 is 0 Å². The van der Waals surface area contributed by atoms with Crippen LogP contribution in [0.25, 0.3) is 0 Å². The van der Waals surface area contributed by atoms with E-state index in [2.05, 4.69) is 26.8 Å². The summed E-state index contributed by atoms with van der Waals surface area (Å²) in [6.45, 7) is 13.7. The Kier molecular flexibility index (Phi) is 6.79. The van der Waals surface area contributed by atoms with Gasteiger partial charge in [0.2, 0.25) is 0 Å². The maximum atomic E-state index is 12.8. The fourth-order valence-corrected chi connectivity index (χ4v) is 2.91. The summed E-state index contributed by atoms with van der Waals surface area (Å²) >= 11 is 0. The van der Waals surface area contributed by atoms with Gasteiger partial charge in [-0.2, -0.15) is 0 Å². The second kappa shape index (κ2) is 7.94. The van der Waals surface area contributed by atoms with Gasteiger partial charge in [0.15, 0.2) is 5.78 Å². The van der Waals surface area contributed by atoms with Crippen molar-refractivity contribution in [3.05, 3.63) is 23.3 Å². The van der Waals surface area contributed by atoms with Crippen molar-refractivity contribution in [1.82, 2.24) is 0 Å². The molecule has 0 aromatic carbocycles. The summed E-state index contributed by atoms with van der Waals surface area (Å²) in [6.07, 6.45) is 6.87. The first-order valence-corrected chi connectivity index (χ1v) is 8.63. The predicted octanol–water partition coefficient (Wildman–Crippen LogP) is 4.86. The molecule has 3 atom stereocenters. The van der Waals surface area contributed by atoms with Crippen LogP contribution in [0.4, 0.5) is 0 Å². The van der Waals surface area contributed by atoms with E-state index in [0.717, 1.165) is 24.8 Å². The Balaban J connectivity index is 2.83. The highest BCUT2D eigenvalue weighted by Gasteiger charge is 2.40. The molecule has 0 aromatic rings. The molecule has 0 fully saturated rings. The van der Waals surface area contributed by atoms with Crippen molar-refractivity contribution in [3.8, 4) is 0 Å². The summed E-state index contributed by atoms with van der Waals surface area (Å²) < 4.78 is 5.46. The van der Waals surface area contributed by atoms with Gasteiger partial charge in [-0.3, -0.25) is 9.59 Å². The number of ether oxygens (including phenoxy) is 1. The topological polar surface area (TPSA) is 43.4 Å². The monoisotopic (exact) mass is 320 g/mol. The highest BCUT2D eigenvalue weighted by molar-refractivity contribution is 6.09. The van der Waals surface area contributed by atoms with Crippen molar-refractivity contribution < 1.29 is 14.3 Å². The van der Waals surface area contributed by atoms with Crippen molar-refractivity contribution >= 4 is 11.8 Å². The molecular formula is C20H32O3. The highest BCUT2D eigenvalue weighted by Crippen LogP contribution is 2.33. The second-order valence-electron chi connectivity index (χ2n) is 8.01. The van der Waals surface area contributed by atoms with Crippen LogP contribution in [0.5, 0.6) is 0 Å². The first kappa shape index (κ1) is 19.7. The van der Waals surface area contributed by atoms with Gasteiger partial charge in [-0.05, 0) is 71.3 Å². The lowest BCUT2D eigenvalue weighted by Gasteiger charge is -2.31. The van der Waals surface area contributed by atoms with E-state index in [1.54, 1.807) is 0 Å². The quantitative estimate of drug-likeness (QED) is 0.413. The first-order valence-electron chi connectivity index (χ1n) is 8.63. The zero-order valence-electron chi connectivity index (χ0n) is 15.7. The molecule has 0 spiro atoms. The SMILES string of the molecule is CC(C)=CCC[C@@H](C)C1=CCC(C)C(C(=O)OC(C)(C)C)C1=O. The largest absolute Gasteiger partial charge is 0.459 e. The number of esters is 1. The average molecular weight is 320 g/mol. The molecule has 23 heavy (non-hydrogen) atoms. The van der Waals surface area contributed by atoms with Gasteiger partial charge in [0, 0.05) is 0 Å². The number of hydrogen-bond donors (Lipinski definition) is 0. The summed E-state index contributed by atoms with van der Waals surface area (Å²) in [5.41, 5.74) is 1.54. The van der Waals surface area contributed by atoms with E-state index in [1.807, 2.05) is 33.8 Å². The number of ketones is 1. The molecular weight excluding hydrogens is 288 g/mol. The fraction of sp³-hybridized carbons (Fsp3) is 0.700. The minimum absolute atomic E-state index is 0.00563. The Morgan fingerprint density at radius 1 is 1.39 bits per heavy atom. The lowest BCUT2D eigenvalue weighted by molar-refractivity contribution is -0.163. The molecule has 1 rings (SSSR count). The number of rotatable bonds is 5. The highest BCUT2D eigenvalue weighted by atomic mass is 16.6. The third-order valence-corrected chi connectivity index (χ3v) is 4.19. The van der Waals surface area contributed by atoms with Gasteiger partial charge in [-0.15, -0.1) is 0 Å². The summed E-state index contributed by atoms with van der Waals surface area (Å²) in [6, 6.07) is 0. The molecule has 130 valence electrons. The van der Waals surface area contributed by atoms with Gasteiger partial charge in [-0.25, -0.2) is 0 Å². The van der Waals surface area contributed by atoms with Gasteiger partial charge in [0.05, 0.1) is 0 Å². The molecule has 1 aliphatic rings. The second-order valence-corrected chi connectivity index (χ2v) is 8.01. The summed E-state index contributed by atoms with van der Waals surface area (Å²) in [5.74, 6) is -0.887. The normalized spacial score (nSPS) is 23.1. The van der Waals surface area contributed by atoms with Crippen LogP contribution < -0.4 is 0 Å². The van der Waals surface area contributed by atoms with E-state index in [9.17, 15) is 9.59 Å². The molecule has 1 aliphatic carbocycles. The molecule has 0 saturated carbocycles. The average Bonchev–Trinajstić information content (AvgIpc) is 2.35. The van der Waals surface area contributed by atoms with Crippen molar-refractivity contribution in [2.24, 2.45) is 17.8 Å². The smallest absolute Gasteiger partial charge is 0.317 e. The lowest BCUT2D eigenvalue weighted by atomic mass is 9.75. The molecule has 0 aromatic heterocycles. The summed E-state index contributed by atoms with van der Waals surface area (Å²) in [7, 11) is 0. The van der Waals surface area contributed by atoms with Crippen molar-refractivity contribution in [1.29, 1.82) is 0 Å². The van der Waals surface area contributed by atoms with Crippen LogP contribution in [0, 0.1) is 17.8 Å². The van der Waals surface area contributed by atoms with Crippen LogP contribution in [0.2, 0.25) is 0 Å². The number of carbonyl (C=O) groups is 2.